The lowest BCUT2D eigenvalue weighted by molar-refractivity contribution is -0.138. The van der Waals surface area contributed by atoms with Crippen LogP contribution in [0.15, 0.2) is 48.7 Å². The lowest BCUT2D eigenvalue weighted by Gasteiger charge is -2.34. The molecule has 1 aromatic carbocycles. The minimum atomic E-state index is -0.616. The van der Waals surface area contributed by atoms with Crippen molar-refractivity contribution in [3.05, 3.63) is 54.4 Å². The van der Waals surface area contributed by atoms with E-state index in [0.717, 1.165) is 18.5 Å². The zero-order valence-corrected chi connectivity index (χ0v) is 16.6. The van der Waals surface area contributed by atoms with Crippen molar-refractivity contribution >= 4 is 23.4 Å². The third-order valence-electron chi connectivity index (χ3n) is 5.52. The fourth-order valence-corrected chi connectivity index (χ4v) is 4.03. The summed E-state index contributed by atoms with van der Waals surface area (Å²) in [5, 5.41) is 0. The molecule has 1 aromatic heterocycles. The van der Waals surface area contributed by atoms with E-state index in [1.54, 1.807) is 15.9 Å². The van der Waals surface area contributed by atoms with E-state index in [1.165, 1.54) is 12.3 Å². The number of nitrogens with two attached hydrogens (primary N) is 1. The van der Waals surface area contributed by atoms with Crippen LogP contribution < -0.4 is 15.4 Å². The Bertz CT molecular complexity index is 949. The Hall–Kier alpha value is -3.42. The van der Waals surface area contributed by atoms with Gasteiger partial charge in [-0.1, -0.05) is 18.2 Å². The molecule has 2 aromatic rings. The van der Waals surface area contributed by atoms with Crippen molar-refractivity contribution in [3.63, 3.8) is 0 Å². The molecule has 0 radical (unpaired) electrons. The van der Waals surface area contributed by atoms with Crippen LogP contribution in [-0.2, 0) is 9.59 Å². The second-order valence-corrected chi connectivity index (χ2v) is 7.65. The zero-order chi connectivity index (χ0) is 21.1. The van der Waals surface area contributed by atoms with Crippen molar-refractivity contribution in [2.75, 3.05) is 24.5 Å². The number of para-hydroxylation sites is 1. The second kappa shape index (κ2) is 8.52. The summed E-state index contributed by atoms with van der Waals surface area (Å²) in [4.78, 5) is 44.2. The summed E-state index contributed by atoms with van der Waals surface area (Å²) in [5.41, 5.74) is 6.23. The molecule has 3 amide bonds. The number of amides is 3. The molecule has 2 atom stereocenters. The smallest absolute Gasteiger partial charge is 0.267 e. The van der Waals surface area contributed by atoms with Crippen LogP contribution in [0.25, 0.3) is 0 Å². The molecule has 3 heterocycles. The van der Waals surface area contributed by atoms with Crippen LogP contribution in [0.4, 0.5) is 5.69 Å². The Morgan fingerprint density at radius 2 is 1.93 bits per heavy atom. The number of rotatable bonds is 5. The Balaban J connectivity index is 1.38. The lowest BCUT2D eigenvalue weighted by atomic mass is 10.0. The van der Waals surface area contributed by atoms with Crippen LogP contribution in [0.2, 0.25) is 0 Å². The van der Waals surface area contributed by atoms with Crippen molar-refractivity contribution < 1.29 is 19.1 Å². The van der Waals surface area contributed by atoms with Crippen LogP contribution >= 0.6 is 0 Å². The molecule has 8 heteroatoms. The largest absolute Gasteiger partial charge is 0.488 e. The predicted molar refractivity (Wildman–Crippen MR) is 110 cm³/mol. The van der Waals surface area contributed by atoms with Crippen LogP contribution in [-0.4, -0.2) is 53.3 Å². The third-order valence-corrected chi connectivity index (χ3v) is 5.52. The summed E-state index contributed by atoms with van der Waals surface area (Å²) in [5.74, 6) is -0.499. The van der Waals surface area contributed by atoms with Gasteiger partial charge in [0.2, 0.25) is 11.8 Å². The molecule has 2 saturated heterocycles. The van der Waals surface area contributed by atoms with Gasteiger partial charge in [0, 0.05) is 37.5 Å². The average molecular weight is 408 g/mol. The number of carbonyl (C=O) groups is 3. The number of ether oxygens (including phenoxy) is 1. The van der Waals surface area contributed by atoms with E-state index in [1.807, 2.05) is 30.3 Å². The summed E-state index contributed by atoms with van der Waals surface area (Å²) in [6.07, 6.45) is 3.13. The Kier molecular flexibility index (Phi) is 5.65. The molecule has 2 N–H and O–H groups in total. The quantitative estimate of drug-likeness (QED) is 0.809. The number of piperidine rings is 1. The van der Waals surface area contributed by atoms with Gasteiger partial charge in [0.25, 0.3) is 5.91 Å². The summed E-state index contributed by atoms with van der Waals surface area (Å²) < 4.78 is 5.98. The van der Waals surface area contributed by atoms with E-state index in [0.29, 0.717) is 25.4 Å². The molecule has 2 aliphatic rings. The van der Waals surface area contributed by atoms with E-state index in [4.69, 9.17) is 10.5 Å². The van der Waals surface area contributed by atoms with Crippen LogP contribution in [0.3, 0.4) is 0 Å². The van der Waals surface area contributed by atoms with Crippen molar-refractivity contribution in [2.45, 2.75) is 25.4 Å². The predicted octanol–water partition coefficient (Wildman–Crippen LogP) is 1.60. The molecule has 2 fully saturated rings. The second-order valence-electron chi connectivity index (χ2n) is 7.65. The number of nitrogens with zero attached hydrogens (tertiary/aromatic N) is 3. The zero-order valence-electron chi connectivity index (χ0n) is 16.6. The van der Waals surface area contributed by atoms with E-state index < -0.39 is 5.91 Å². The molecule has 4 rings (SSSR count). The molecule has 0 spiro atoms. The molecule has 0 bridgehead atoms. The van der Waals surface area contributed by atoms with Gasteiger partial charge in [-0.05, 0) is 31.0 Å². The highest BCUT2D eigenvalue weighted by Crippen LogP contribution is 2.27. The standard InChI is InChI=1S/C22H24N4O4/c23-21(28)19-12-17(8-9-24-19)30-18-7-4-10-25(14-18)22(29)15-11-20(27)26(13-15)16-5-2-1-3-6-16/h1-3,5-6,8-9,12,15,18H,4,7,10-11,13-14H2,(H2,23,28). The third kappa shape index (κ3) is 4.27. The first-order chi connectivity index (χ1) is 14.5. The van der Waals surface area contributed by atoms with E-state index in [2.05, 4.69) is 4.98 Å². The lowest BCUT2D eigenvalue weighted by Crippen LogP contribution is -2.47. The van der Waals surface area contributed by atoms with Crippen molar-refractivity contribution in [2.24, 2.45) is 11.7 Å². The number of pyridine rings is 1. The van der Waals surface area contributed by atoms with Crippen molar-refractivity contribution in [1.82, 2.24) is 9.88 Å². The number of aromatic nitrogens is 1. The van der Waals surface area contributed by atoms with E-state index in [-0.39, 0.29) is 36.0 Å². The van der Waals surface area contributed by atoms with Crippen molar-refractivity contribution in [3.8, 4) is 5.75 Å². The molecule has 30 heavy (non-hydrogen) atoms. The molecular formula is C22H24N4O4. The molecular weight excluding hydrogens is 384 g/mol. The molecule has 2 aliphatic heterocycles. The minimum Gasteiger partial charge on any atom is -0.488 e. The number of hydrogen-bond donors (Lipinski definition) is 1. The molecule has 0 saturated carbocycles. The van der Waals surface area contributed by atoms with Gasteiger partial charge >= 0.3 is 0 Å². The maximum absolute atomic E-state index is 13.1. The van der Waals surface area contributed by atoms with Crippen LogP contribution in [0.1, 0.15) is 29.8 Å². The maximum atomic E-state index is 13.1. The summed E-state index contributed by atoms with van der Waals surface area (Å²) in [6.45, 7) is 1.50. The van der Waals surface area contributed by atoms with Gasteiger partial charge in [-0.25, -0.2) is 0 Å². The molecule has 8 nitrogen and oxygen atoms in total. The normalized spacial score (nSPS) is 21.5. The fourth-order valence-electron chi connectivity index (χ4n) is 4.03. The van der Waals surface area contributed by atoms with E-state index >= 15 is 0 Å². The molecule has 2 unspecified atom stereocenters. The van der Waals surface area contributed by atoms with Gasteiger partial charge in [0.15, 0.2) is 0 Å². The SMILES string of the molecule is NC(=O)c1cc(OC2CCCN(C(=O)C3CC(=O)N(c4ccccc4)C3)C2)ccn1. The highest BCUT2D eigenvalue weighted by molar-refractivity contribution is 6.00. The fraction of sp³-hybridized carbons (Fsp3) is 0.364. The van der Waals surface area contributed by atoms with Gasteiger partial charge in [-0.3, -0.25) is 19.4 Å². The van der Waals surface area contributed by atoms with Gasteiger partial charge in [0.05, 0.1) is 12.5 Å². The highest BCUT2D eigenvalue weighted by atomic mass is 16.5. The maximum Gasteiger partial charge on any atom is 0.267 e. The van der Waals surface area contributed by atoms with E-state index in [9.17, 15) is 14.4 Å². The number of likely N-dealkylation sites (tertiary alicyclic amines) is 1. The summed E-state index contributed by atoms with van der Waals surface area (Å²) >= 11 is 0. The number of anilines is 1. The molecule has 0 aliphatic carbocycles. The minimum absolute atomic E-state index is 0.0114. The Labute approximate surface area is 174 Å². The van der Waals surface area contributed by atoms with Crippen LogP contribution in [0, 0.1) is 5.92 Å². The first-order valence-corrected chi connectivity index (χ1v) is 10.1. The van der Waals surface area contributed by atoms with Crippen molar-refractivity contribution in [1.29, 1.82) is 0 Å². The monoisotopic (exact) mass is 408 g/mol. The molecule has 156 valence electrons. The Morgan fingerprint density at radius 3 is 2.70 bits per heavy atom. The number of carbonyl (C=O) groups excluding carboxylic acids is 3. The first kappa shape index (κ1) is 19.9. The highest BCUT2D eigenvalue weighted by Gasteiger charge is 2.38. The summed E-state index contributed by atoms with van der Waals surface area (Å²) in [6, 6.07) is 12.6. The van der Waals surface area contributed by atoms with Crippen LogP contribution in [0.5, 0.6) is 5.75 Å². The first-order valence-electron chi connectivity index (χ1n) is 10.1. The van der Waals surface area contributed by atoms with Gasteiger partial charge in [-0.15, -0.1) is 0 Å². The number of hydrogen-bond acceptors (Lipinski definition) is 5. The average Bonchev–Trinajstić information content (AvgIpc) is 3.16. The van der Waals surface area contributed by atoms with Gasteiger partial charge in [0.1, 0.15) is 17.5 Å². The topological polar surface area (TPSA) is 106 Å². The summed E-state index contributed by atoms with van der Waals surface area (Å²) in [7, 11) is 0. The number of primary amides is 1. The number of benzene rings is 1. The van der Waals surface area contributed by atoms with Gasteiger partial charge in [-0.2, -0.15) is 0 Å². The Morgan fingerprint density at radius 1 is 1.13 bits per heavy atom. The van der Waals surface area contributed by atoms with Gasteiger partial charge < -0.3 is 20.3 Å².